The van der Waals surface area contributed by atoms with Gasteiger partial charge in [0.1, 0.15) is 0 Å². The second-order valence-electron chi connectivity index (χ2n) is 2.87. The van der Waals surface area contributed by atoms with Gasteiger partial charge in [0.2, 0.25) is 0 Å². The molecule has 1 unspecified atom stereocenters. The number of rotatable bonds is 4. The van der Waals surface area contributed by atoms with Gasteiger partial charge in [0, 0.05) is 11.9 Å². The summed E-state index contributed by atoms with van der Waals surface area (Å²) in [4.78, 5) is 4.34. The molecule has 1 atom stereocenters. The van der Waals surface area contributed by atoms with Crippen LogP contribution in [-0.2, 0) is 6.54 Å². The lowest BCUT2D eigenvalue weighted by molar-refractivity contribution is 0.586. The molecule has 3 heteroatoms. The predicted octanol–water partition coefficient (Wildman–Crippen LogP) is 1.95. The Balaban J connectivity index is 2.39. The van der Waals surface area contributed by atoms with Crippen molar-refractivity contribution in [2.24, 2.45) is 0 Å². The molecule has 1 aromatic heterocycles. The van der Waals surface area contributed by atoms with E-state index in [0.29, 0.717) is 0 Å². The van der Waals surface area contributed by atoms with Crippen LogP contribution in [-0.4, -0.2) is 11.0 Å². The number of terminal acetylenes is 1. The van der Waals surface area contributed by atoms with Crippen LogP contribution >= 0.6 is 11.3 Å². The topological polar surface area (TPSA) is 24.9 Å². The maximum Gasteiger partial charge on any atom is 0.0897 e. The molecular formula is C10H14N2S. The molecule has 70 valence electrons. The molecular weight excluding hydrogens is 180 g/mol. The second kappa shape index (κ2) is 5.00. The Morgan fingerprint density at radius 2 is 2.54 bits per heavy atom. The van der Waals surface area contributed by atoms with Crippen molar-refractivity contribution < 1.29 is 0 Å². The van der Waals surface area contributed by atoms with Crippen molar-refractivity contribution in [3.63, 3.8) is 0 Å². The van der Waals surface area contributed by atoms with E-state index in [1.807, 2.05) is 6.92 Å². The fourth-order valence-corrected chi connectivity index (χ4v) is 1.65. The smallest absolute Gasteiger partial charge is 0.0897 e. The van der Waals surface area contributed by atoms with Crippen molar-refractivity contribution in [3.8, 4) is 12.3 Å². The number of thiazole rings is 1. The van der Waals surface area contributed by atoms with Gasteiger partial charge >= 0.3 is 0 Å². The molecule has 0 amide bonds. The third-order valence-electron chi connectivity index (χ3n) is 1.81. The van der Waals surface area contributed by atoms with Crippen LogP contribution in [0.25, 0.3) is 0 Å². The van der Waals surface area contributed by atoms with E-state index in [0.717, 1.165) is 23.7 Å². The van der Waals surface area contributed by atoms with Gasteiger partial charge in [-0.2, -0.15) is 0 Å². The Kier molecular flexibility index (Phi) is 3.94. The molecule has 1 rings (SSSR count). The SMILES string of the molecule is C#CC(CC)NCc1csc(C)n1. The molecule has 0 aliphatic rings. The van der Waals surface area contributed by atoms with Gasteiger partial charge in [-0.15, -0.1) is 17.8 Å². The molecule has 0 fully saturated rings. The van der Waals surface area contributed by atoms with Crippen LogP contribution in [0.4, 0.5) is 0 Å². The maximum absolute atomic E-state index is 5.32. The first-order valence-corrected chi connectivity index (χ1v) is 5.24. The summed E-state index contributed by atoms with van der Waals surface area (Å²) < 4.78 is 0. The minimum Gasteiger partial charge on any atom is -0.298 e. The van der Waals surface area contributed by atoms with Crippen LogP contribution in [0, 0.1) is 19.3 Å². The van der Waals surface area contributed by atoms with Gasteiger partial charge in [-0.25, -0.2) is 4.98 Å². The maximum atomic E-state index is 5.32. The number of nitrogens with one attached hydrogen (secondary N) is 1. The predicted molar refractivity (Wildman–Crippen MR) is 56.6 cm³/mol. The first kappa shape index (κ1) is 10.2. The Hall–Kier alpha value is -0.850. The first-order valence-electron chi connectivity index (χ1n) is 4.36. The van der Waals surface area contributed by atoms with Crippen LogP contribution in [0.2, 0.25) is 0 Å². The van der Waals surface area contributed by atoms with Crippen molar-refractivity contribution >= 4 is 11.3 Å². The van der Waals surface area contributed by atoms with Gasteiger partial charge in [0.25, 0.3) is 0 Å². The lowest BCUT2D eigenvalue weighted by Gasteiger charge is -2.08. The molecule has 1 N–H and O–H groups in total. The standard InChI is InChI=1S/C10H14N2S/c1-4-9(5-2)11-6-10-7-13-8(3)12-10/h1,7,9,11H,5-6H2,2-3H3. The molecule has 0 spiro atoms. The highest BCUT2D eigenvalue weighted by atomic mass is 32.1. The molecule has 0 aliphatic carbocycles. The number of hydrogen-bond acceptors (Lipinski definition) is 3. The van der Waals surface area contributed by atoms with E-state index in [9.17, 15) is 0 Å². The number of aromatic nitrogens is 1. The zero-order chi connectivity index (χ0) is 9.68. The summed E-state index contributed by atoms with van der Waals surface area (Å²) in [7, 11) is 0. The number of aryl methyl sites for hydroxylation is 1. The summed E-state index contributed by atoms with van der Waals surface area (Å²) >= 11 is 1.67. The van der Waals surface area contributed by atoms with E-state index in [1.165, 1.54) is 0 Å². The third-order valence-corrected chi connectivity index (χ3v) is 2.63. The van der Waals surface area contributed by atoms with E-state index < -0.39 is 0 Å². The highest BCUT2D eigenvalue weighted by Crippen LogP contribution is 2.07. The van der Waals surface area contributed by atoms with Gasteiger partial charge in [-0.05, 0) is 13.3 Å². The third kappa shape index (κ3) is 3.17. The van der Waals surface area contributed by atoms with Crippen LogP contribution < -0.4 is 5.32 Å². The quantitative estimate of drug-likeness (QED) is 0.741. The van der Waals surface area contributed by atoms with Crippen LogP contribution in [0.5, 0.6) is 0 Å². The van der Waals surface area contributed by atoms with Gasteiger partial charge in [-0.1, -0.05) is 12.8 Å². The zero-order valence-corrected chi connectivity index (χ0v) is 8.82. The van der Waals surface area contributed by atoms with Crippen LogP contribution in [0.15, 0.2) is 5.38 Å². The van der Waals surface area contributed by atoms with Crippen molar-refractivity contribution in [2.75, 3.05) is 0 Å². The van der Waals surface area contributed by atoms with Gasteiger partial charge in [0.15, 0.2) is 0 Å². The summed E-state index contributed by atoms with van der Waals surface area (Å²) in [6, 6.07) is 0.169. The summed E-state index contributed by atoms with van der Waals surface area (Å²) in [5, 5.41) is 6.42. The van der Waals surface area contributed by atoms with Crippen LogP contribution in [0.1, 0.15) is 24.0 Å². The molecule has 0 saturated carbocycles. The summed E-state index contributed by atoms with van der Waals surface area (Å²) in [5.74, 6) is 2.69. The average molecular weight is 194 g/mol. The average Bonchev–Trinajstić information content (AvgIpc) is 2.53. The fraction of sp³-hybridized carbons (Fsp3) is 0.500. The van der Waals surface area contributed by atoms with Crippen LogP contribution in [0.3, 0.4) is 0 Å². The molecule has 13 heavy (non-hydrogen) atoms. The first-order chi connectivity index (χ1) is 6.26. The Bertz CT molecular complexity index is 298. The zero-order valence-electron chi connectivity index (χ0n) is 8.00. The largest absolute Gasteiger partial charge is 0.298 e. The van der Waals surface area contributed by atoms with E-state index in [2.05, 4.69) is 28.5 Å². The number of hydrogen-bond donors (Lipinski definition) is 1. The normalized spacial score (nSPS) is 12.4. The second-order valence-corrected chi connectivity index (χ2v) is 3.93. The molecule has 1 heterocycles. The van der Waals surface area contributed by atoms with E-state index in [1.54, 1.807) is 11.3 Å². The van der Waals surface area contributed by atoms with Crippen molar-refractivity contribution in [3.05, 3.63) is 16.1 Å². The van der Waals surface area contributed by atoms with Crippen molar-refractivity contribution in [1.82, 2.24) is 10.3 Å². The summed E-state index contributed by atoms with van der Waals surface area (Å²) in [5.41, 5.74) is 1.08. The Morgan fingerprint density at radius 3 is 3.00 bits per heavy atom. The highest BCUT2D eigenvalue weighted by Gasteiger charge is 2.02. The Labute approximate surface area is 83.4 Å². The number of nitrogens with zero attached hydrogens (tertiary/aromatic N) is 1. The van der Waals surface area contributed by atoms with E-state index in [-0.39, 0.29) is 6.04 Å². The fourth-order valence-electron chi connectivity index (χ4n) is 1.04. The van der Waals surface area contributed by atoms with Gasteiger partial charge < -0.3 is 0 Å². The molecule has 0 radical (unpaired) electrons. The Morgan fingerprint density at radius 1 is 1.77 bits per heavy atom. The molecule has 0 bridgehead atoms. The van der Waals surface area contributed by atoms with E-state index >= 15 is 0 Å². The molecule has 2 nitrogen and oxygen atoms in total. The molecule has 0 saturated heterocycles. The summed E-state index contributed by atoms with van der Waals surface area (Å²) in [6.07, 6.45) is 6.28. The highest BCUT2D eigenvalue weighted by molar-refractivity contribution is 7.09. The molecule has 1 aromatic rings. The lowest BCUT2D eigenvalue weighted by Crippen LogP contribution is -2.26. The minimum atomic E-state index is 0.169. The van der Waals surface area contributed by atoms with Gasteiger partial charge in [0.05, 0.1) is 16.7 Å². The molecule has 0 aliphatic heterocycles. The van der Waals surface area contributed by atoms with E-state index in [4.69, 9.17) is 6.42 Å². The molecule has 0 aromatic carbocycles. The van der Waals surface area contributed by atoms with Crippen molar-refractivity contribution in [1.29, 1.82) is 0 Å². The van der Waals surface area contributed by atoms with Crippen molar-refractivity contribution in [2.45, 2.75) is 32.9 Å². The lowest BCUT2D eigenvalue weighted by atomic mass is 10.2. The van der Waals surface area contributed by atoms with Gasteiger partial charge in [-0.3, -0.25) is 5.32 Å². The monoisotopic (exact) mass is 194 g/mol. The summed E-state index contributed by atoms with van der Waals surface area (Å²) in [6.45, 7) is 4.85. The minimum absolute atomic E-state index is 0.169.